The van der Waals surface area contributed by atoms with Gasteiger partial charge in [-0.1, -0.05) is 34.1 Å². The van der Waals surface area contributed by atoms with Gasteiger partial charge in [0.15, 0.2) is 5.76 Å². The van der Waals surface area contributed by atoms with Gasteiger partial charge in [-0.25, -0.2) is 4.68 Å². The number of aromatic nitrogens is 2. The molecule has 136 valence electrons. The molecule has 0 fully saturated rings. The lowest BCUT2D eigenvalue weighted by atomic mass is 10.1. The smallest absolute Gasteiger partial charge is 0.287 e. The van der Waals surface area contributed by atoms with Crippen molar-refractivity contribution in [1.29, 1.82) is 0 Å². The third kappa shape index (κ3) is 3.66. The molecule has 4 aromatic rings. The molecular weight excluding hydrogens is 406 g/mol. The van der Waals surface area contributed by atoms with Crippen molar-refractivity contribution in [3.8, 4) is 5.69 Å². The van der Waals surface area contributed by atoms with E-state index in [1.165, 1.54) is 0 Å². The summed E-state index contributed by atoms with van der Waals surface area (Å²) in [7, 11) is 0. The van der Waals surface area contributed by atoms with Crippen molar-refractivity contribution in [2.45, 2.75) is 13.3 Å². The standard InChI is InChI=1S/C21H18BrN3O2/c1-14-18-13-15(22)7-8-19(18)27-20(14)21(26)23-11-9-16-10-12-25(24-16)17-5-3-2-4-6-17/h2-8,10,12-13H,9,11H2,1H3,(H,23,26). The molecule has 0 bridgehead atoms. The van der Waals surface area contributed by atoms with Gasteiger partial charge in [-0.15, -0.1) is 0 Å². The molecule has 6 heteroatoms. The Hall–Kier alpha value is -2.86. The predicted molar refractivity (Wildman–Crippen MR) is 108 cm³/mol. The highest BCUT2D eigenvalue weighted by Crippen LogP contribution is 2.27. The first-order chi connectivity index (χ1) is 13.1. The normalized spacial score (nSPS) is 11.0. The number of benzene rings is 2. The second kappa shape index (κ2) is 7.40. The van der Waals surface area contributed by atoms with Crippen molar-refractivity contribution in [2.75, 3.05) is 6.54 Å². The summed E-state index contributed by atoms with van der Waals surface area (Å²) in [6, 6.07) is 17.6. The monoisotopic (exact) mass is 423 g/mol. The third-order valence-corrected chi connectivity index (χ3v) is 4.93. The molecule has 1 N–H and O–H groups in total. The Labute approximate surface area is 165 Å². The van der Waals surface area contributed by atoms with Crippen LogP contribution >= 0.6 is 15.9 Å². The van der Waals surface area contributed by atoms with E-state index >= 15 is 0 Å². The summed E-state index contributed by atoms with van der Waals surface area (Å²) in [5, 5.41) is 8.41. The molecule has 4 rings (SSSR count). The zero-order valence-electron chi connectivity index (χ0n) is 14.8. The minimum atomic E-state index is -0.206. The number of nitrogens with zero attached hydrogens (tertiary/aromatic N) is 2. The van der Waals surface area contributed by atoms with Gasteiger partial charge < -0.3 is 9.73 Å². The number of amides is 1. The number of carbonyl (C=O) groups is 1. The van der Waals surface area contributed by atoms with E-state index in [-0.39, 0.29) is 5.91 Å². The van der Waals surface area contributed by atoms with Crippen molar-refractivity contribution < 1.29 is 9.21 Å². The maximum Gasteiger partial charge on any atom is 0.287 e. The van der Waals surface area contributed by atoms with E-state index in [2.05, 4.69) is 26.3 Å². The van der Waals surface area contributed by atoms with E-state index in [0.29, 0.717) is 24.3 Å². The van der Waals surface area contributed by atoms with Crippen LogP contribution in [0.3, 0.4) is 0 Å². The molecule has 27 heavy (non-hydrogen) atoms. The van der Waals surface area contributed by atoms with E-state index in [1.54, 1.807) is 0 Å². The van der Waals surface area contributed by atoms with Crippen LogP contribution in [0.5, 0.6) is 0 Å². The third-order valence-electron chi connectivity index (χ3n) is 4.44. The zero-order chi connectivity index (χ0) is 18.8. The fraction of sp³-hybridized carbons (Fsp3) is 0.143. The Bertz CT molecular complexity index is 1100. The highest BCUT2D eigenvalue weighted by atomic mass is 79.9. The highest BCUT2D eigenvalue weighted by molar-refractivity contribution is 9.10. The van der Waals surface area contributed by atoms with Crippen molar-refractivity contribution in [3.63, 3.8) is 0 Å². The number of para-hydroxylation sites is 1. The minimum Gasteiger partial charge on any atom is -0.451 e. The van der Waals surface area contributed by atoms with E-state index in [1.807, 2.05) is 72.4 Å². The summed E-state index contributed by atoms with van der Waals surface area (Å²) in [4.78, 5) is 12.5. The number of rotatable bonds is 5. The van der Waals surface area contributed by atoms with Gasteiger partial charge in [-0.2, -0.15) is 5.10 Å². The molecular formula is C21H18BrN3O2. The van der Waals surface area contributed by atoms with Gasteiger partial charge in [0.05, 0.1) is 11.4 Å². The zero-order valence-corrected chi connectivity index (χ0v) is 16.4. The van der Waals surface area contributed by atoms with Gasteiger partial charge in [-0.3, -0.25) is 4.79 Å². The number of halogens is 1. The van der Waals surface area contributed by atoms with Crippen molar-refractivity contribution >= 4 is 32.8 Å². The molecule has 0 aliphatic rings. The maximum absolute atomic E-state index is 12.5. The lowest BCUT2D eigenvalue weighted by molar-refractivity contribution is 0.0927. The molecule has 2 aromatic heterocycles. The summed E-state index contributed by atoms with van der Waals surface area (Å²) < 4.78 is 8.52. The molecule has 0 spiro atoms. The molecule has 1 amide bonds. The lowest BCUT2D eigenvalue weighted by Gasteiger charge is -2.03. The fourth-order valence-corrected chi connectivity index (χ4v) is 3.37. The Morgan fingerprint density at radius 2 is 2.00 bits per heavy atom. The number of hydrogen-bond donors (Lipinski definition) is 1. The molecule has 2 aromatic carbocycles. The van der Waals surface area contributed by atoms with Crippen LogP contribution in [0, 0.1) is 6.92 Å². The van der Waals surface area contributed by atoms with Gasteiger partial charge in [0.2, 0.25) is 0 Å². The maximum atomic E-state index is 12.5. The van der Waals surface area contributed by atoms with Crippen LogP contribution in [-0.2, 0) is 6.42 Å². The van der Waals surface area contributed by atoms with Crippen LogP contribution in [0.4, 0.5) is 0 Å². The lowest BCUT2D eigenvalue weighted by Crippen LogP contribution is -2.26. The predicted octanol–water partition coefficient (Wildman–Crippen LogP) is 4.66. The number of nitrogens with one attached hydrogen (secondary N) is 1. The topological polar surface area (TPSA) is 60.1 Å². The molecule has 0 aliphatic carbocycles. The molecule has 0 unspecified atom stereocenters. The molecule has 0 aliphatic heterocycles. The van der Waals surface area contributed by atoms with Crippen LogP contribution in [0.25, 0.3) is 16.7 Å². The Kier molecular flexibility index (Phi) is 4.81. The average molecular weight is 424 g/mol. The van der Waals surface area contributed by atoms with Crippen LogP contribution in [0.1, 0.15) is 21.8 Å². The van der Waals surface area contributed by atoms with Crippen molar-refractivity contribution in [3.05, 3.63) is 82.3 Å². The summed E-state index contributed by atoms with van der Waals surface area (Å²) in [6.45, 7) is 2.39. The summed E-state index contributed by atoms with van der Waals surface area (Å²) >= 11 is 3.45. The SMILES string of the molecule is Cc1c(C(=O)NCCc2ccn(-c3ccccc3)n2)oc2ccc(Br)cc12. The van der Waals surface area contributed by atoms with Gasteiger partial charge in [0, 0.05) is 34.6 Å². The van der Waals surface area contributed by atoms with Gasteiger partial charge >= 0.3 is 0 Å². The van der Waals surface area contributed by atoms with E-state index < -0.39 is 0 Å². The largest absolute Gasteiger partial charge is 0.451 e. The molecule has 0 radical (unpaired) electrons. The average Bonchev–Trinajstić information content (AvgIpc) is 3.28. The van der Waals surface area contributed by atoms with Crippen LogP contribution in [-0.4, -0.2) is 22.2 Å². The Morgan fingerprint density at radius 3 is 2.81 bits per heavy atom. The van der Waals surface area contributed by atoms with Crippen molar-refractivity contribution in [1.82, 2.24) is 15.1 Å². The summed E-state index contributed by atoms with van der Waals surface area (Å²) in [6.07, 6.45) is 2.57. The number of hydrogen-bond acceptors (Lipinski definition) is 3. The number of furan rings is 1. The molecule has 0 saturated heterocycles. The minimum absolute atomic E-state index is 0.206. The first kappa shape index (κ1) is 17.5. The van der Waals surface area contributed by atoms with E-state index in [4.69, 9.17) is 4.42 Å². The first-order valence-electron chi connectivity index (χ1n) is 8.68. The first-order valence-corrected chi connectivity index (χ1v) is 9.48. The second-order valence-corrected chi connectivity index (χ2v) is 7.21. The molecule has 0 atom stereocenters. The molecule has 2 heterocycles. The fourth-order valence-electron chi connectivity index (χ4n) is 3.01. The summed E-state index contributed by atoms with van der Waals surface area (Å²) in [5.41, 5.74) is 3.49. The second-order valence-electron chi connectivity index (χ2n) is 6.29. The van der Waals surface area contributed by atoms with Gasteiger partial charge in [-0.05, 0) is 43.3 Å². The summed E-state index contributed by atoms with van der Waals surface area (Å²) in [5.74, 6) is 0.153. The van der Waals surface area contributed by atoms with Crippen molar-refractivity contribution in [2.24, 2.45) is 0 Å². The van der Waals surface area contributed by atoms with Gasteiger partial charge in [0.25, 0.3) is 5.91 Å². The Balaban J connectivity index is 1.40. The molecule has 5 nitrogen and oxygen atoms in total. The number of aryl methyl sites for hydroxylation is 1. The van der Waals surface area contributed by atoms with E-state index in [9.17, 15) is 4.79 Å². The van der Waals surface area contributed by atoms with Crippen LogP contribution < -0.4 is 5.32 Å². The van der Waals surface area contributed by atoms with Crippen LogP contribution in [0.2, 0.25) is 0 Å². The van der Waals surface area contributed by atoms with Crippen LogP contribution in [0.15, 0.2) is 69.7 Å². The number of fused-ring (bicyclic) bond motifs is 1. The number of carbonyl (C=O) groups excluding carboxylic acids is 1. The van der Waals surface area contributed by atoms with E-state index in [0.717, 1.165) is 26.8 Å². The quantitative estimate of drug-likeness (QED) is 0.507. The molecule has 0 saturated carbocycles. The Morgan fingerprint density at radius 1 is 1.19 bits per heavy atom. The van der Waals surface area contributed by atoms with Gasteiger partial charge in [0.1, 0.15) is 5.58 Å². The highest BCUT2D eigenvalue weighted by Gasteiger charge is 2.17.